The van der Waals surface area contributed by atoms with E-state index < -0.39 is 27.9 Å². The Balaban J connectivity index is 3.51. The molecule has 0 aliphatic heterocycles. The molecule has 16 heavy (non-hydrogen) atoms. The molecule has 0 fully saturated rings. The van der Waals surface area contributed by atoms with Crippen LogP contribution in [0.1, 0.15) is 35.7 Å². The zero-order chi connectivity index (χ0) is 12.5. The summed E-state index contributed by atoms with van der Waals surface area (Å²) < 4.78 is 0. The molecule has 0 aromatic heterocycles. The average Bonchev–Trinajstić information content (AvgIpc) is 2.16. The Labute approximate surface area is 91.3 Å². The topological polar surface area (TPSA) is 101 Å². The molecular formula is C10H11NO5. The SMILES string of the molecule is CC(C)c1cc(C(=O)O)c(O)c([N+](=O)[O-])c1. The zero-order valence-electron chi connectivity index (χ0n) is 8.80. The van der Waals surface area contributed by atoms with Gasteiger partial charge in [-0.25, -0.2) is 4.79 Å². The molecule has 1 aromatic carbocycles. The molecule has 0 aliphatic rings. The van der Waals surface area contributed by atoms with Gasteiger partial charge in [0, 0.05) is 6.07 Å². The van der Waals surface area contributed by atoms with Crippen molar-refractivity contribution in [3.63, 3.8) is 0 Å². The standard InChI is InChI=1S/C10H11NO5/c1-5(2)6-3-7(10(13)14)9(12)8(4-6)11(15)16/h3-5,12H,1-2H3,(H,13,14). The first-order chi connectivity index (χ1) is 7.34. The Bertz CT molecular complexity index is 418. The predicted molar refractivity (Wildman–Crippen MR) is 55.8 cm³/mol. The van der Waals surface area contributed by atoms with Gasteiger partial charge in [0.05, 0.1) is 4.92 Å². The summed E-state index contributed by atoms with van der Waals surface area (Å²) in [6.45, 7) is 3.56. The molecule has 1 rings (SSSR count). The van der Waals surface area contributed by atoms with Gasteiger partial charge < -0.3 is 10.2 Å². The van der Waals surface area contributed by atoms with E-state index in [9.17, 15) is 20.0 Å². The van der Waals surface area contributed by atoms with Gasteiger partial charge >= 0.3 is 11.7 Å². The maximum Gasteiger partial charge on any atom is 0.339 e. The van der Waals surface area contributed by atoms with Crippen LogP contribution in [0.15, 0.2) is 12.1 Å². The summed E-state index contributed by atoms with van der Waals surface area (Å²) in [6, 6.07) is 2.43. The van der Waals surface area contributed by atoms with E-state index in [0.717, 1.165) is 0 Å². The Hall–Kier alpha value is -2.11. The van der Waals surface area contributed by atoms with Crippen molar-refractivity contribution in [3.05, 3.63) is 33.4 Å². The first-order valence-corrected chi connectivity index (χ1v) is 4.59. The van der Waals surface area contributed by atoms with Gasteiger partial charge in [-0.2, -0.15) is 0 Å². The summed E-state index contributed by atoms with van der Waals surface area (Å²) in [5, 5.41) is 28.8. The minimum absolute atomic E-state index is 0.0580. The number of carboxylic acid groups (broad SMARTS) is 1. The summed E-state index contributed by atoms with van der Waals surface area (Å²) in [5.74, 6) is -2.25. The van der Waals surface area contributed by atoms with Crippen molar-refractivity contribution in [1.82, 2.24) is 0 Å². The number of benzene rings is 1. The van der Waals surface area contributed by atoms with Gasteiger partial charge in [0.2, 0.25) is 5.75 Å². The maximum atomic E-state index is 10.8. The molecule has 0 aliphatic carbocycles. The Morgan fingerprint density at radius 1 is 1.44 bits per heavy atom. The first-order valence-electron chi connectivity index (χ1n) is 4.59. The van der Waals surface area contributed by atoms with E-state index in [1.165, 1.54) is 12.1 Å². The third kappa shape index (κ3) is 2.10. The third-order valence-corrected chi connectivity index (χ3v) is 2.21. The molecule has 0 amide bonds. The number of nitro groups is 1. The quantitative estimate of drug-likeness (QED) is 0.606. The van der Waals surface area contributed by atoms with Crippen molar-refractivity contribution in [1.29, 1.82) is 0 Å². The highest BCUT2D eigenvalue weighted by molar-refractivity contribution is 5.92. The second kappa shape index (κ2) is 4.18. The fourth-order valence-electron chi connectivity index (χ4n) is 1.28. The van der Waals surface area contributed by atoms with E-state index in [0.29, 0.717) is 5.56 Å². The van der Waals surface area contributed by atoms with Gasteiger partial charge in [-0.3, -0.25) is 10.1 Å². The van der Waals surface area contributed by atoms with Gasteiger partial charge in [-0.05, 0) is 17.5 Å². The van der Waals surface area contributed by atoms with Crippen LogP contribution in [0.4, 0.5) is 5.69 Å². The first kappa shape index (κ1) is 12.0. The minimum Gasteiger partial charge on any atom is -0.501 e. The summed E-state index contributed by atoms with van der Waals surface area (Å²) in [5.41, 5.74) is -0.525. The lowest BCUT2D eigenvalue weighted by Crippen LogP contribution is -2.02. The van der Waals surface area contributed by atoms with E-state index in [2.05, 4.69) is 0 Å². The summed E-state index contributed by atoms with van der Waals surface area (Å²) in [7, 11) is 0. The van der Waals surface area contributed by atoms with Gasteiger partial charge in [0.25, 0.3) is 0 Å². The number of aromatic carboxylic acids is 1. The molecule has 0 unspecified atom stereocenters. The molecule has 0 saturated carbocycles. The van der Waals surface area contributed by atoms with Crippen molar-refractivity contribution < 1.29 is 19.9 Å². The van der Waals surface area contributed by atoms with Gasteiger partial charge in [-0.1, -0.05) is 13.8 Å². The number of hydrogen-bond donors (Lipinski definition) is 2. The molecule has 6 heteroatoms. The fraction of sp³-hybridized carbons (Fsp3) is 0.300. The van der Waals surface area contributed by atoms with E-state index in [-0.39, 0.29) is 5.92 Å². The summed E-state index contributed by atoms with van der Waals surface area (Å²) in [6.07, 6.45) is 0. The molecular weight excluding hydrogens is 214 g/mol. The van der Waals surface area contributed by atoms with E-state index >= 15 is 0 Å². The lowest BCUT2D eigenvalue weighted by Gasteiger charge is -2.08. The number of carboxylic acids is 1. The van der Waals surface area contributed by atoms with Crippen LogP contribution in [0.25, 0.3) is 0 Å². The smallest absolute Gasteiger partial charge is 0.339 e. The maximum absolute atomic E-state index is 10.8. The number of nitro benzene ring substituents is 1. The Morgan fingerprint density at radius 2 is 2.00 bits per heavy atom. The van der Waals surface area contributed by atoms with Crippen LogP contribution in [0, 0.1) is 10.1 Å². The molecule has 0 radical (unpaired) electrons. The van der Waals surface area contributed by atoms with Crippen molar-refractivity contribution in [3.8, 4) is 5.75 Å². The van der Waals surface area contributed by atoms with Gasteiger partial charge in [0.1, 0.15) is 5.56 Å². The lowest BCUT2D eigenvalue weighted by molar-refractivity contribution is -0.386. The van der Waals surface area contributed by atoms with E-state index in [1.54, 1.807) is 13.8 Å². The van der Waals surface area contributed by atoms with Crippen LogP contribution in [0.2, 0.25) is 0 Å². The van der Waals surface area contributed by atoms with Crippen LogP contribution in [0.3, 0.4) is 0 Å². The molecule has 0 heterocycles. The van der Waals surface area contributed by atoms with Crippen molar-refractivity contribution in [2.45, 2.75) is 19.8 Å². The number of nitrogens with zero attached hydrogens (tertiary/aromatic N) is 1. The van der Waals surface area contributed by atoms with Crippen LogP contribution >= 0.6 is 0 Å². The van der Waals surface area contributed by atoms with Crippen LogP contribution in [-0.4, -0.2) is 21.1 Å². The molecule has 0 spiro atoms. The van der Waals surface area contributed by atoms with E-state index in [4.69, 9.17) is 5.11 Å². The number of rotatable bonds is 3. The second-order valence-corrected chi connectivity index (χ2v) is 3.65. The van der Waals surface area contributed by atoms with Gasteiger partial charge in [0.15, 0.2) is 0 Å². The lowest BCUT2D eigenvalue weighted by atomic mass is 9.99. The third-order valence-electron chi connectivity index (χ3n) is 2.21. The molecule has 1 aromatic rings. The van der Waals surface area contributed by atoms with Crippen LogP contribution < -0.4 is 0 Å². The highest BCUT2D eigenvalue weighted by Crippen LogP contribution is 2.33. The predicted octanol–water partition coefficient (Wildman–Crippen LogP) is 2.12. The van der Waals surface area contributed by atoms with Crippen molar-refractivity contribution >= 4 is 11.7 Å². The minimum atomic E-state index is -1.39. The normalized spacial score (nSPS) is 10.4. The highest BCUT2D eigenvalue weighted by Gasteiger charge is 2.23. The number of carbonyl (C=O) groups is 1. The molecule has 6 nitrogen and oxygen atoms in total. The zero-order valence-corrected chi connectivity index (χ0v) is 8.80. The number of hydrogen-bond acceptors (Lipinski definition) is 4. The molecule has 86 valence electrons. The summed E-state index contributed by atoms with van der Waals surface area (Å²) >= 11 is 0. The number of aromatic hydroxyl groups is 1. The highest BCUT2D eigenvalue weighted by atomic mass is 16.6. The second-order valence-electron chi connectivity index (χ2n) is 3.65. The number of phenols is 1. The van der Waals surface area contributed by atoms with Crippen LogP contribution in [-0.2, 0) is 0 Å². The fourth-order valence-corrected chi connectivity index (χ4v) is 1.28. The molecule has 0 saturated heterocycles. The average molecular weight is 225 g/mol. The Kier molecular flexibility index (Phi) is 3.12. The Morgan fingerprint density at radius 3 is 2.38 bits per heavy atom. The van der Waals surface area contributed by atoms with E-state index in [1.807, 2.05) is 0 Å². The monoisotopic (exact) mass is 225 g/mol. The van der Waals surface area contributed by atoms with Crippen LogP contribution in [0.5, 0.6) is 5.75 Å². The molecule has 0 bridgehead atoms. The summed E-state index contributed by atoms with van der Waals surface area (Å²) in [4.78, 5) is 20.6. The molecule has 2 N–H and O–H groups in total. The molecule has 0 atom stereocenters. The largest absolute Gasteiger partial charge is 0.501 e. The van der Waals surface area contributed by atoms with Crippen molar-refractivity contribution in [2.75, 3.05) is 0 Å². The van der Waals surface area contributed by atoms with Gasteiger partial charge in [-0.15, -0.1) is 0 Å². The van der Waals surface area contributed by atoms with Crippen molar-refractivity contribution in [2.24, 2.45) is 0 Å².